The zero-order chi connectivity index (χ0) is 17.2. The summed E-state index contributed by atoms with van der Waals surface area (Å²) in [6, 6.07) is 9.14. The summed E-state index contributed by atoms with van der Waals surface area (Å²) >= 11 is 7.69. The van der Waals surface area contributed by atoms with E-state index in [-0.39, 0.29) is 5.91 Å². The monoisotopic (exact) mass is 374 g/mol. The summed E-state index contributed by atoms with van der Waals surface area (Å²) in [5.41, 5.74) is 1.33. The number of halogens is 1. The van der Waals surface area contributed by atoms with Gasteiger partial charge in [0.1, 0.15) is 4.88 Å². The van der Waals surface area contributed by atoms with E-state index in [2.05, 4.69) is 5.32 Å². The molecule has 0 atom stereocenters. The molecule has 7 heteroatoms. The minimum atomic E-state index is -0.213. The van der Waals surface area contributed by atoms with Gasteiger partial charge in [-0.25, -0.2) is 0 Å². The fourth-order valence-corrected chi connectivity index (χ4v) is 3.62. The van der Waals surface area contributed by atoms with Crippen LogP contribution in [0.1, 0.15) is 16.1 Å². The molecular weight excluding hydrogens is 360 g/mol. The number of carbonyl (C=O) groups is 1. The number of fused-ring (bicyclic) bond motifs is 1. The highest BCUT2D eigenvalue weighted by molar-refractivity contribution is 7.12. The molecule has 3 heterocycles. The van der Waals surface area contributed by atoms with Crippen LogP contribution in [0.15, 0.2) is 48.1 Å². The van der Waals surface area contributed by atoms with E-state index in [0.29, 0.717) is 40.3 Å². The van der Waals surface area contributed by atoms with Crippen molar-refractivity contribution < 1.29 is 14.3 Å². The van der Waals surface area contributed by atoms with Crippen molar-refractivity contribution in [3.63, 3.8) is 0 Å². The second-order valence-electron chi connectivity index (χ2n) is 5.51. The molecule has 1 N–H and O–H groups in total. The summed E-state index contributed by atoms with van der Waals surface area (Å²) in [5.74, 6) is 0.980. The number of hydrogen-bond donors (Lipinski definition) is 1. The summed E-state index contributed by atoms with van der Waals surface area (Å²) in [7, 11) is 0. The van der Waals surface area contributed by atoms with E-state index in [1.165, 1.54) is 11.3 Å². The molecule has 4 rings (SSSR count). The molecule has 3 aromatic rings. The van der Waals surface area contributed by atoms with Gasteiger partial charge in [-0.05, 0) is 23.6 Å². The molecule has 1 aliphatic rings. The molecule has 0 unspecified atom stereocenters. The van der Waals surface area contributed by atoms with E-state index >= 15 is 0 Å². The van der Waals surface area contributed by atoms with Gasteiger partial charge in [0, 0.05) is 30.9 Å². The van der Waals surface area contributed by atoms with Crippen LogP contribution in [-0.4, -0.2) is 23.7 Å². The van der Waals surface area contributed by atoms with Crippen molar-refractivity contribution in [2.24, 2.45) is 0 Å². The number of thiophene rings is 1. The van der Waals surface area contributed by atoms with Crippen LogP contribution in [-0.2, 0) is 0 Å². The van der Waals surface area contributed by atoms with Crippen LogP contribution >= 0.6 is 22.9 Å². The molecule has 1 aliphatic heterocycles. The minimum absolute atomic E-state index is 0.213. The van der Waals surface area contributed by atoms with Crippen molar-refractivity contribution in [1.82, 2.24) is 4.57 Å². The standard InChI is InChI=1S/C18H15ClN2O3S/c19-12-10-15-16(24-8-3-7-23-15)11-13(12)20-18(22)17-14(4-9-25-17)21-5-1-2-6-21/h1-2,4-6,9-11H,3,7-8H2,(H,20,22). The van der Waals surface area contributed by atoms with Gasteiger partial charge in [-0.15, -0.1) is 11.3 Å². The first-order valence-electron chi connectivity index (χ1n) is 7.84. The van der Waals surface area contributed by atoms with Crippen LogP contribution < -0.4 is 14.8 Å². The van der Waals surface area contributed by atoms with Crippen molar-refractivity contribution in [1.29, 1.82) is 0 Å². The number of benzene rings is 1. The Labute approximate surface area is 153 Å². The highest BCUT2D eigenvalue weighted by Gasteiger charge is 2.19. The Morgan fingerprint density at radius 2 is 1.88 bits per heavy atom. The van der Waals surface area contributed by atoms with Gasteiger partial charge in [0.2, 0.25) is 0 Å². The second-order valence-corrected chi connectivity index (χ2v) is 6.83. The molecule has 25 heavy (non-hydrogen) atoms. The van der Waals surface area contributed by atoms with Gasteiger partial charge in [0.25, 0.3) is 5.91 Å². The van der Waals surface area contributed by atoms with Crippen LogP contribution in [0.5, 0.6) is 11.5 Å². The number of hydrogen-bond acceptors (Lipinski definition) is 4. The highest BCUT2D eigenvalue weighted by Crippen LogP contribution is 2.38. The second kappa shape index (κ2) is 6.82. The van der Waals surface area contributed by atoms with Gasteiger partial charge in [-0.2, -0.15) is 0 Å². The maximum Gasteiger partial charge on any atom is 0.267 e. The number of ether oxygens (including phenoxy) is 2. The van der Waals surface area contributed by atoms with Gasteiger partial charge in [0.15, 0.2) is 11.5 Å². The van der Waals surface area contributed by atoms with E-state index in [9.17, 15) is 4.79 Å². The zero-order valence-corrected chi connectivity index (χ0v) is 14.8. The molecule has 5 nitrogen and oxygen atoms in total. The topological polar surface area (TPSA) is 52.5 Å². The van der Waals surface area contributed by atoms with Gasteiger partial charge >= 0.3 is 0 Å². The average molecular weight is 375 g/mol. The zero-order valence-electron chi connectivity index (χ0n) is 13.2. The lowest BCUT2D eigenvalue weighted by Gasteiger charge is -2.13. The summed E-state index contributed by atoms with van der Waals surface area (Å²) < 4.78 is 13.2. The van der Waals surface area contributed by atoms with Gasteiger partial charge < -0.3 is 19.4 Å². The van der Waals surface area contributed by atoms with E-state index in [1.807, 2.05) is 40.5 Å². The molecule has 0 spiro atoms. The summed E-state index contributed by atoms with van der Waals surface area (Å²) in [6.07, 6.45) is 4.61. The third-order valence-corrected chi connectivity index (χ3v) is 5.03. The smallest absolute Gasteiger partial charge is 0.267 e. The first kappa shape index (κ1) is 16.1. The molecular formula is C18H15ClN2O3S. The van der Waals surface area contributed by atoms with Crippen LogP contribution in [0, 0.1) is 0 Å². The number of aromatic nitrogens is 1. The first-order valence-corrected chi connectivity index (χ1v) is 9.09. The van der Waals surface area contributed by atoms with Crippen molar-refractivity contribution in [3.05, 3.63) is 58.0 Å². The third-order valence-electron chi connectivity index (χ3n) is 3.82. The van der Waals surface area contributed by atoms with E-state index in [1.54, 1.807) is 12.1 Å². The molecule has 128 valence electrons. The normalized spacial score (nSPS) is 13.3. The van der Waals surface area contributed by atoms with Crippen LogP contribution in [0.4, 0.5) is 5.69 Å². The lowest BCUT2D eigenvalue weighted by Crippen LogP contribution is -2.13. The molecule has 1 amide bonds. The molecule has 0 aliphatic carbocycles. The van der Waals surface area contributed by atoms with Crippen LogP contribution in [0.25, 0.3) is 5.69 Å². The minimum Gasteiger partial charge on any atom is -0.490 e. The molecule has 1 aromatic carbocycles. The van der Waals surface area contributed by atoms with Gasteiger partial charge in [0.05, 0.1) is 29.6 Å². The number of carbonyl (C=O) groups excluding carboxylic acids is 1. The van der Waals surface area contributed by atoms with Gasteiger partial charge in [-0.1, -0.05) is 11.6 Å². The predicted molar refractivity (Wildman–Crippen MR) is 98.7 cm³/mol. The molecule has 0 fully saturated rings. The Hall–Kier alpha value is -2.44. The quantitative estimate of drug-likeness (QED) is 0.728. The molecule has 0 saturated carbocycles. The Morgan fingerprint density at radius 1 is 1.16 bits per heavy atom. The first-order chi connectivity index (χ1) is 12.2. The number of nitrogens with one attached hydrogen (secondary N) is 1. The number of rotatable bonds is 3. The largest absolute Gasteiger partial charge is 0.490 e. The lowest BCUT2D eigenvalue weighted by molar-refractivity contribution is 0.103. The Balaban J connectivity index is 1.62. The lowest BCUT2D eigenvalue weighted by atomic mass is 10.2. The summed E-state index contributed by atoms with van der Waals surface area (Å²) in [4.78, 5) is 13.3. The van der Waals surface area contributed by atoms with Crippen molar-refractivity contribution in [2.75, 3.05) is 18.5 Å². The number of nitrogens with zero attached hydrogens (tertiary/aromatic N) is 1. The van der Waals surface area contributed by atoms with E-state index in [0.717, 1.165) is 12.1 Å². The molecule has 0 radical (unpaired) electrons. The van der Waals surface area contributed by atoms with Crippen molar-refractivity contribution >= 4 is 34.5 Å². The fraction of sp³-hybridized carbons (Fsp3) is 0.167. The van der Waals surface area contributed by atoms with Crippen LogP contribution in [0.3, 0.4) is 0 Å². The molecule has 2 aromatic heterocycles. The van der Waals surface area contributed by atoms with E-state index in [4.69, 9.17) is 21.1 Å². The number of anilines is 1. The SMILES string of the molecule is O=C(Nc1cc2c(cc1Cl)OCCCO2)c1sccc1-n1cccc1. The van der Waals surface area contributed by atoms with Crippen LogP contribution in [0.2, 0.25) is 5.02 Å². The molecule has 0 saturated heterocycles. The Morgan fingerprint density at radius 3 is 2.64 bits per heavy atom. The van der Waals surface area contributed by atoms with Crippen molar-refractivity contribution in [2.45, 2.75) is 6.42 Å². The average Bonchev–Trinajstić information content (AvgIpc) is 3.24. The Kier molecular flexibility index (Phi) is 4.38. The third kappa shape index (κ3) is 3.23. The Bertz CT molecular complexity index is 905. The molecule has 0 bridgehead atoms. The van der Waals surface area contributed by atoms with Gasteiger partial charge in [-0.3, -0.25) is 4.79 Å². The fourth-order valence-electron chi connectivity index (χ4n) is 2.63. The summed E-state index contributed by atoms with van der Waals surface area (Å²) in [6.45, 7) is 1.16. The van der Waals surface area contributed by atoms with Crippen molar-refractivity contribution in [3.8, 4) is 17.2 Å². The highest BCUT2D eigenvalue weighted by atomic mass is 35.5. The predicted octanol–water partition coefficient (Wildman–Crippen LogP) is 4.61. The maximum absolute atomic E-state index is 12.7. The van der Waals surface area contributed by atoms with E-state index < -0.39 is 0 Å². The number of amides is 1. The maximum atomic E-state index is 12.7. The summed E-state index contributed by atoms with van der Waals surface area (Å²) in [5, 5.41) is 5.18.